The van der Waals surface area contributed by atoms with Gasteiger partial charge in [0, 0.05) is 5.69 Å². The maximum absolute atomic E-state index is 13.1. The summed E-state index contributed by atoms with van der Waals surface area (Å²) in [5.74, 6) is -2.24. The summed E-state index contributed by atoms with van der Waals surface area (Å²) in [6, 6.07) is 6.06. The van der Waals surface area contributed by atoms with Gasteiger partial charge in [0.2, 0.25) is 0 Å². The zero-order chi connectivity index (χ0) is 14.7. The van der Waals surface area contributed by atoms with Gasteiger partial charge in [-0.1, -0.05) is 0 Å². The molecule has 0 radical (unpaired) electrons. The van der Waals surface area contributed by atoms with Crippen molar-refractivity contribution in [3.63, 3.8) is 0 Å². The molecule has 100 valence electrons. The lowest BCUT2D eigenvalue weighted by molar-refractivity contribution is 0.102. The predicted octanol–water partition coefficient (Wildman–Crippen LogP) is 2.07. The van der Waals surface area contributed by atoms with Crippen LogP contribution in [0.15, 0.2) is 30.5 Å². The fraction of sp³-hybridized carbons (Fsp3) is 0. The van der Waals surface area contributed by atoms with E-state index in [1.54, 1.807) is 6.07 Å². The summed E-state index contributed by atoms with van der Waals surface area (Å²) in [5.41, 5.74) is 5.30. The molecule has 0 fully saturated rings. The first-order valence-electron chi connectivity index (χ1n) is 5.43. The molecule has 0 aliphatic rings. The minimum absolute atomic E-state index is 0.133. The quantitative estimate of drug-likeness (QED) is 0.876. The van der Waals surface area contributed by atoms with E-state index in [0.717, 1.165) is 24.4 Å². The van der Waals surface area contributed by atoms with Gasteiger partial charge in [-0.15, -0.1) is 0 Å². The summed E-state index contributed by atoms with van der Waals surface area (Å²) in [7, 11) is 0. The molecule has 0 aliphatic carbocycles. The summed E-state index contributed by atoms with van der Waals surface area (Å²) in [4.78, 5) is 15.4. The van der Waals surface area contributed by atoms with Crippen LogP contribution < -0.4 is 11.1 Å². The molecule has 0 saturated heterocycles. The topological polar surface area (TPSA) is 91.8 Å². The summed E-state index contributed by atoms with van der Waals surface area (Å²) < 4.78 is 26.2. The monoisotopic (exact) mass is 274 g/mol. The van der Waals surface area contributed by atoms with Crippen LogP contribution in [0, 0.1) is 23.0 Å². The number of carbonyl (C=O) groups is 1. The van der Waals surface area contributed by atoms with Gasteiger partial charge in [-0.05, 0) is 24.3 Å². The van der Waals surface area contributed by atoms with E-state index < -0.39 is 17.5 Å². The first kappa shape index (κ1) is 13.4. The number of anilines is 2. The molecular weight excluding hydrogens is 266 g/mol. The molecule has 0 saturated carbocycles. The summed E-state index contributed by atoms with van der Waals surface area (Å²) in [6.07, 6.45) is 0.887. The average Bonchev–Trinajstić information content (AvgIpc) is 2.43. The molecule has 0 unspecified atom stereocenters. The number of nitriles is 1. The van der Waals surface area contributed by atoms with Crippen LogP contribution in [-0.4, -0.2) is 10.9 Å². The van der Waals surface area contributed by atoms with E-state index >= 15 is 0 Å². The van der Waals surface area contributed by atoms with Gasteiger partial charge in [0.05, 0.1) is 17.3 Å². The van der Waals surface area contributed by atoms with Crippen LogP contribution in [0.25, 0.3) is 0 Å². The zero-order valence-electron chi connectivity index (χ0n) is 10.0. The van der Waals surface area contributed by atoms with E-state index in [2.05, 4.69) is 10.3 Å². The standard InChI is InChI=1S/C13H8F2N4O/c14-8-4-10(12(17)18-6-8)13(20)19-9-1-2-11(15)7(3-9)5-16/h1-4,6H,(H2,17,18)(H,19,20). The van der Waals surface area contributed by atoms with Crippen molar-refractivity contribution in [2.45, 2.75) is 0 Å². The van der Waals surface area contributed by atoms with Crippen LogP contribution in [0.3, 0.4) is 0 Å². The Bertz CT molecular complexity index is 725. The average molecular weight is 274 g/mol. The molecule has 1 heterocycles. The van der Waals surface area contributed by atoms with Crippen molar-refractivity contribution in [1.29, 1.82) is 5.26 Å². The van der Waals surface area contributed by atoms with Crippen LogP contribution in [0.5, 0.6) is 0 Å². The third-order valence-electron chi connectivity index (χ3n) is 2.47. The van der Waals surface area contributed by atoms with E-state index in [0.29, 0.717) is 0 Å². The minimum atomic E-state index is -0.707. The second kappa shape index (κ2) is 5.32. The maximum Gasteiger partial charge on any atom is 0.259 e. The van der Waals surface area contributed by atoms with Gasteiger partial charge in [-0.2, -0.15) is 5.26 Å². The van der Waals surface area contributed by atoms with Crippen LogP contribution in [0.1, 0.15) is 15.9 Å². The lowest BCUT2D eigenvalue weighted by atomic mass is 10.2. The number of nitrogen functional groups attached to an aromatic ring is 1. The van der Waals surface area contributed by atoms with Gasteiger partial charge >= 0.3 is 0 Å². The van der Waals surface area contributed by atoms with E-state index in [-0.39, 0.29) is 22.6 Å². The van der Waals surface area contributed by atoms with Gasteiger partial charge in [-0.25, -0.2) is 13.8 Å². The number of nitrogens with two attached hydrogens (primary N) is 1. The van der Waals surface area contributed by atoms with Crippen molar-refractivity contribution in [1.82, 2.24) is 4.98 Å². The Balaban J connectivity index is 2.28. The molecule has 20 heavy (non-hydrogen) atoms. The molecule has 3 N–H and O–H groups in total. The third-order valence-corrected chi connectivity index (χ3v) is 2.47. The number of carbonyl (C=O) groups excluding carboxylic acids is 1. The van der Waals surface area contributed by atoms with Crippen LogP contribution in [0.2, 0.25) is 0 Å². The SMILES string of the molecule is N#Cc1cc(NC(=O)c2cc(F)cnc2N)ccc1F. The molecule has 0 atom stereocenters. The number of aromatic nitrogens is 1. The second-order valence-corrected chi connectivity index (χ2v) is 3.85. The number of benzene rings is 1. The highest BCUT2D eigenvalue weighted by atomic mass is 19.1. The van der Waals surface area contributed by atoms with Gasteiger partial charge in [0.1, 0.15) is 23.5 Å². The first-order valence-corrected chi connectivity index (χ1v) is 5.43. The Hall–Kier alpha value is -3.01. The van der Waals surface area contributed by atoms with Crippen LogP contribution >= 0.6 is 0 Å². The highest BCUT2D eigenvalue weighted by Crippen LogP contribution is 2.17. The van der Waals surface area contributed by atoms with Crippen molar-refractivity contribution in [2.75, 3.05) is 11.1 Å². The molecule has 2 aromatic rings. The van der Waals surface area contributed by atoms with E-state index in [9.17, 15) is 13.6 Å². The Morgan fingerprint density at radius 1 is 1.35 bits per heavy atom. The van der Waals surface area contributed by atoms with E-state index in [1.165, 1.54) is 6.07 Å². The Kier molecular flexibility index (Phi) is 3.57. The van der Waals surface area contributed by atoms with Gasteiger partial charge in [0.15, 0.2) is 0 Å². The molecule has 2 rings (SSSR count). The molecule has 1 aromatic heterocycles. The number of hydrogen-bond acceptors (Lipinski definition) is 4. The smallest absolute Gasteiger partial charge is 0.259 e. The lowest BCUT2D eigenvalue weighted by Crippen LogP contribution is -2.15. The highest BCUT2D eigenvalue weighted by molar-refractivity contribution is 6.07. The lowest BCUT2D eigenvalue weighted by Gasteiger charge is -2.07. The molecule has 0 bridgehead atoms. The largest absolute Gasteiger partial charge is 0.383 e. The van der Waals surface area contributed by atoms with Crippen molar-refractivity contribution in [3.05, 3.63) is 53.2 Å². The van der Waals surface area contributed by atoms with Gasteiger partial charge in [-0.3, -0.25) is 4.79 Å². The van der Waals surface area contributed by atoms with Gasteiger partial charge in [0.25, 0.3) is 5.91 Å². The Morgan fingerprint density at radius 2 is 2.10 bits per heavy atom. The molecule has 1 amide bonds. The first-order chi connectivity index (χ1) is 9.51. The van der Waals surface area contributed by atoms with Crippen LogP contribution in [-0.2, 0) is 0 Å². The molecule has 7 heteroatoms. The van der Waals surface area contributed by atoms with E-state index in [1.807, 2.05) is 0 Å². The number of hydrogen-bond donors (Lipinski definition) is 2. The van der Waals surface area contributed by atoms with Crippen LogP contribution in [0.4, 0.5) is 20.3 Å². The molecule has 1 aromatic carbocycles. The van der Waals surface area contributed by atoms with Crippen molar-refractivity contribution in [2.24, 2.45) is 0 Å². The van der Waals surface area contributed by atoms with Crippen molar-refractivity contribution in [3.8, 4) is 6.07 Å². The zero-order valence-corrected chi connectivity index (χ0v) is 10.0. The number of amides is 1. The van der Waals surface area contributed by atoms with Crippen molar-refractivity contribution >= 4 is 17.4 Å². The fourth-order valence-electron chi connectivity index (χ4n) is 1.52. The predicted molar refractivity (Wildman–Crippen MR) is 67.7 cm³/mol. The number of pyridine rings is 1. The number of nitrogens with zero attached hydrogens (tertiary/aromatic N) is 2. The Labute approximate surface area is 112 Å². The summed E-state index contributed by atoms with van der Waals surface area (Å²) in [6.45, 7) is 0. The second-order valence-electron chi connectivity index (χ2n) is 3.85. The summed E-state index contributed by atoms with van der Waals surface area (Å²) >= 11 is 0. The maximum atomic E-state index is 13.1. The number of nitrogens with one attached hydrogen (secondary N) is 1. The Morgan fingerprint density at radius 3 is 2.80 bits per heavy atom. The fourth-order valence-corrected chi connectivity index (χ4v) is 1.52. The third kappa shape index (κ3) is 2.70. The highest BCUT2D eigenvalue weighted by Gasteiger charge is 2.13. The minimum Gasteiger partial charge on any atom is -0.383 e. The van der Waals surface area contributed by atoms with Crippen molar-refractivity contribution < 1.29 is 13.6 Å². The molecular formula is C13H8F2N4O. The normalized spacial score (nSPS) is 9.85. The van der Waals surface area contributed by atoms with E-state index in [4.69, 9.17) is 11.0 Å². The summed E-state index contributed by atoms with van der Waals surface area (Å²) in [5, 5.41) is 11.1. The number of rotatable bonds is 2. The molecule has 0 aliphatic heterocycles. The molecule has 0 spiro atoms. The van der Waals surface area contributed by atoms with Gasteiger partial charge < -0.3 is 11.1 Å². The molecule has 5 nitrogen and oxygen atoms in total. The number of halogens is 2.